The van der Waals surface area contributed by atoms with Gasteiger partial charge in [-0.25, -0.2) is 21.2 Å². The summed E-state index contributed by atoms with van der Waals surface area (Å²) >= 11 is 3.27. The monoisotopic (exact) mass is 469 g/mol. The highest BCUT2D eigenvalue weighted by atomic mass is 79.9. The Hall–Kier alpha value is -1.97. The maximum Gasteiger partial charge on any atom is 0.268 e. The van der Waals surface area contributed by atoms with E-state index < -0.39 is 16.4 Å². The van der Waals surface area contributed by atoms with E-state index >= 15 is 0 Å². The molecule has 0 bridgehead atoms. The molecule has 148 valence electrons. The van der Waals surface area contributed by atoms with Crippen LogP contribution in [0.15, 0.2) is 58.0 Å². The lowest BCUT2D eigenvalue weighted by Gasteiger charge is -2.29. The van der Waals surface area contributed by atoms with Crippen molar-refractivity contribution in [1.29, 1.82) is 0 Å². The number of halogens is 3. The van der Waals surface area contributed by atoms with Crippen molar-refractivity contribution in [2.45, 2.75) is 11.3 Å². The maximum absolute atomic E-state index is 13.7. The number of fused-ring (bicyclic) bond motifs is 1. The van der Waals surface area contributed by atoms with Gasteiger partial charge in [-0.2, -0.15) is 0 Å². The minimum absolute atomic E-state index is 0.0413. The summed E-state index contributed by atoms with van der Waals surface area (Å²) in [6.45, 7) is 3.18. The SMILES string of the molecule is O=S(=O)(c1ccc(Br)cc1)n1cc(C(F)F)c2cc(N3CCNCC3)ccc21. The molecule has 5 nitrogen and oxygen atoms in total. The fourth-order valence-electron chi connectivity index (χ4n) is 3.43. The van der Waals surface area contributed by atoms with Crippen LogP contribution >= 0.6 is 15.9 Å². The number of aromatic nitrogens is 1. The van der Waals surface area contributed by atoms with Gasteiger partial charge in [0.25, 0.3) is 16.4 Å². The van der Waals surface area contributed by atoms with E-state index in [1.54, 1.807) is 30.3 Å². The van der Waals surface area contributed by atoms with Crippen LogP contribution in [0, 0.1) is 0 Å². The number of benzene rings is 2. The molecule has 3 aromatic rings. The van der Waals surface area contributed by atoms with Crippen LogP contribution in [0.5, 0.6) is 0 Å². The highest BCUT2D eigenvalue weighted by Gasteiger charge is 2.25. The molecule has 0 saturated carbocycles. The number of anilines is 1. The largest absolute Gasteiger partial charge is 0.369 e. The Kier molecular flexibility index (Phi) is 5.15. The summed E-state index contributed by atoms with van der Waals surface area (Å²) < 4.78 is 55.2. The molecule has 1 aliphatic heterocycles. The highest BCUT2D eigenvalue weighted by Crippen LogP contribution is 2.34. The van der Waals surface area contributed by atoms with E-state index in [2.05, 4.69) is 26.1 Å². The van der Waals surface area contributed by atoms with Crippen molar-refractivity contribution < 1.29 is 17.2 Å². The summed E-state index contributed by atoms with van der Waals surface area (Å²) in [5.41, 5.74) is 0.777. The molecular formula is C19H18BrF2N3O2S. The van der Waals surface area contributed by atoms with E-state index in [1.165, 1.54) is 12.1 Å². The lowest BCUT2D eigenvalue weighted by molar-refractivity contribution is 0.153. The number of nitrogens with zero attached hydrogens (tertiary/aromatic N) is 2. The normalized spacial score (nSPS) is 15.5. The molecule has 0 aliphatic carbocycles. The summed E-state index contributed by atoms with van der Waals surface area (Å²) in [7, 11) is -3.99. The lowest BCUT2D eigenvalue weighted by Crippen LogP contribution is -2.43. The van der Waals surface area contributed by atoms with Gasteiger partial charge in [-0.3, -0.25) is 0 Å². The maximum atomic E-state index is 13.7. The number of nitrogens with one attached hydrogen (secondary N) is 1. The fraction of sp³-hybridized carbons (Fsp3) is 0.263. The van der Waals surface area contributed by atoms with Gasteiger partial charge in [0.05, 0.1) is 10.4 Å². The van der Waals surface area contributed by atoms with Crippen molar-refractivity contribution >= 4 is 42.5 Å². The molecule has 1 aliphatic rings. The molecule has 0 spiro atoms. The third-order valence-corrected chi connectivity index (χ3v) is 7.09. The molecule has 0 radical (unpaired) electrons. The first-order chi connectivity index (χ1) is 13.4. The number of rotatable bonds is 4. The van der Waals surface area contributed by atoms with E-state index in [4.69, 9.17) is 0 Å². The summed E-state index contributed by atoms with van der Waals surface area (Å²) in [6, 6.07) is 11.2. The smallest absolute Gasteiger partial charge is 0.268 e. The van der Waals surface area contributed by atoms with Crippen LogP contribution in [0.3, 0.4) is 0 Å². The Morgan fingerprint density at radius 3 is 2.36 bits per heavy atom. The van der Waals surface area contributed by atoms with Gasteiger partial charge in [0, 0.05) is 53.5 Å². The van der Waals surface area contributed by atoms with Gasteiger partial charge in [-0.05, 0) is 42.5 Å². The molecule has 0 atom stereocenters. The Bertz CT molecular complexity index is 1110. The molecule has 1 saturated heterocycles. The van der Waals surface area contributed by atoms with Gasteiger partial charge in [0.2, 0.25) is 0 Å². The molecule has 0 amide bonds. The van der Waals surface area contributed by atoms with Crippen molar-refractivity contribution in [3.05, 3.63) is 58.7 Å². The average Bonchev–Trinajstić information content (AvgIpc) is 3.09. The topological polar surface area (TPSA) is 54.3 Å². The first-order valence-corrected chi connectivity index (χ1v) is 11.0. The van der Waals surface area contributed by atoms with E-state index in [0.717, 1.165) is 46.5 Å². The van der Waals surface area contributed by atoms with E-state index in [0.29, 0.717) is 0 Å². The Morgan fingerprint density at radius 2 is 1.71 bits per heavy atom. The van der Waals surface area contributed by atoms with Crippen LogP contribution in [0.4, 0.5) is 14.5 Å². The molecule has 2 aromatic carbocycles. The molecule has 28 heavy (non-hydrogen) atoms. The second-order valence-electron chi connectivity index (χ2n) is 6.58. The minimum atomic E-state index is -3.99. The van der Waals surface area contributed by atoms with Gasteiger partial charge in [-0.1, -0.05) is 15.9 Å². The van der Waals surface area contributed by atoms with Gasteiger partial charge >= 0.3 is 0 Å². The molecule has 0 unspecified atom stereocenters. The third kappa shape index (κ3) is 3.42. The fourth-order valence-corrected chi connectivity index (χ4v) is 5.07. The summed E-state index contributed by atoms with van der Waals surface area (Å²) in [6.07, 6.45) is -1.74. The Balaban J connectivity index is 1.86. The minimum Gasteiger partial charge on any atom is -0.369 e. The predicted molar refractivity (Wildman–Crippen MR) is 109 cm³/mol. The van der Waals surface area contributed by atoms with Crippen LogP contribution < -0.4 is 10.2 Å². The molecule has 1 fully saturated rings. The van der Waals surface area contributed by atoms with Crippen molar-refractivity contribution in [2.75, 3.05) is 31.1 Å². The van der Waals surface area contributed by atoms with Crippen molar-refractivity contribution in [3.8, 4) is 0 Å². The van der Waals surface area contributed by atoms with Gasteiger partial charge in [0.1, 0.15) is 0 Å². The number of piperazine rings is 1. The molecule has 2 heterocycles. The van der Waals surface area contributed by atoms with Gasteiger partial charge in [-0.15, -0.1) is 0 Å². The number of alkyl halides is 2. The summed E-state index contributed by atoms with van der Waals surface area (Å²) in [5, 5.41) is 3.51. The quantitative estimate of drug-likeness (QED) is 0.627. The average molecular weight is 470 g/mol. The predicted octanol–water partition coefficient (Wildman–Crippen LogP) is 3.99. The van der Waals surface area contributed by atoms with Crippen molar-refractivity contribution in [2.24, 2.45) is 0 Å². The van der Waals surface area contributed by atoms with Crippen molar-refractivity contribution in [3.63, 3.8) is 0 Å². The summed E-state index contributed by atoms with van der Waals surface area (Å²) in [5.74, 6) is 0. The second-order valence-corrected chi connectivity index (χ2v) is 9.31. The van der Waals surface area contributed by atoms with Crippen LogP contribution in [0.25, 0.3) is 10.9 Å². The molecular weight excluding hydrogens is 452 g/mol. The summed E-state index contributed by atoms with van der Waals surface area (Å²) in [4.78, 5) is 2.14. The van der Waals surface area contributed by atoms with Crippen LogP contribution in [0.1, 0.15) is 12.0 Å². The molecule has 4 rings (SSSR count). The Morgan fingerprint density at radius 1 is 1.04 bits per heavy atom. The van der Waals surface area contributed by atoms with Crippen LogP contribution in [0.2, 0.25) is 0 Å². The molecule has 9 heteroatoms. The third-order valence-electron chi connectivity index (χ3n) is 4.87. The van der Waals surface area contributed by atoms with Gasteiger partial charge < -0.3 is 10.2 Å². The zero-order chi connectivity index (χ0) is 19.9. The van der Waals surface area contributed by atoms with E-state index in [9.17, 15) is 17.2 Å². The standard InChI is InChI=1S/C19H18BrF2N3O2S/c20-13-1-4-15(5-2-13)28(26,27)25-12-17(19(21)22)16-11-14(3-6-18(16)25)24-9-7-23-8-10-24/h1-6,11-12,19,23H,7-10H2. The number of hydrogen-bond acceptors (Lipinski definition) is 4. The zero-order valence-electron chi connectivity index (χ0n) is 14.8. The lowest BCUT2D eigenvalue weighted by atomic mass is 10.1. The van der Waals surface area contributed by atoms with Crippen molar-refractivity contribution in [1.82, 2.24) is 9.29 Å². The van der Waals surface area contributed by atoms with E-state index in [1.807, 2.05) is 0 Å². The number of hydrogen-bond donors (Lipinski definition) is 1. The molecule has 1 N–H and O–H groups in total. The highest BCUT2D eigenvalue weighted by molar-refractivity contribution is 9.10. The Labute approximate surface area is 170 Å². The second kappa shape index (κ2) is 7.46. The van der Waals surface area contributed by atoms with Crippen LogP contribution in [-0.2, 0) is 10.0 Å². The first-order valence-electron chi connectivity index (χ1n) is 8.78. The first kappa shape index (κ1) is 19.4. The van der Waals surface area contributed by atoms with E-state index in [-0.39, 0.29) is 21.4 Å². The molecule has 1 aromatic heterocycles. The van der Waals surface area contributed by atoms with Crippen LogP contribution in [-0.4, -0.2) is 38.6 Å². The zero-order valence-corrected chi connectivity index (χ0v) is 17.2. The van der Waals surface area contributed by atoms with Gasteiger partial charge in [0.15, 0.2) is 0 Å².